The molecule has 2 atom stereocenters. The fourth-order valence-corrected chi connectivity index (χ4v) is 5.58. The summed E-state index contributed by atoms with van der Waals surface area (Å²) in [4.78, 5) is 6.83. The van der Waals surface area contributed by atoms with Crippen LogP contribution >= 0.6 is 34.7 Å². The Hall–Kier alpha value is -2.74. The van der Waals surface area contributed by atoms with Crippen molar-refractivity contribution in [3.8, 4) is 5.75 Å². The molecule has 0 radical (unpaired) electrons. The quantitative estimate of drug-likeness (QED) is 0.362. The number of aromatic nitrogens is 3. The Balaban J connectivity index is 1.62. The summed E-state index contributed by atoms with van der Waals surface area (Å²) in [6, 6.07) is 18.4. The highest BCUT2D eigenvalue weighted by molar-refractivity contribution is 7.98. The maximum Gasteiger partial charge on any atom is 0.226 e. The van der Waals surface area contributed by atoms with Gasteiger partial charge in [-0.1, -0.05) is 29.8 Å². The van der Waals surface area contributed by atoms with E-state index in [2.05, 4.69) is 63.4 Å². The molecule has 6 rings (SSSR count). The van der Waals surface area contributed by atoms with E-state index < -0.39 is 0 Å². The summed E-state index contributed by atoms with van der Waals surface area (Å²) in [6.45, 7) is 0. The summed E-state index contributed by atoms with van der Waals surface area (Å²) < 4.78 is 8.51. The Bertz CT molecular complexity index is 1300. The van der Waals surface area contributed by atoms with Gasteiger partial charge in [-0.2, -0.15) is 10.1 Å². The molecule has 0 unspecified atom stereocenters. The minimum Gasteiger partial charge on any atom is -0.480 e. The lowest BCUT2D eigenvalue weighted by Crippen LogP contribution is -2.32. The van der Waals surface area contributed by atoms with Crippen molar-refractivity contribution < 1.29 is 4.74 Å². The summed E-state index contributed by atoms with van der Waals surface area (Å²) >= 11 is 9.79. The molecule has 0 amide bonds. The number of nitrogens with zero attached hydrogens (tertiary/aromatic N) is 3. The van der Waals surface area contributed by atoms with E-state index in [1.165, 1.54) is 4.90 Å². The van der Waals surface area contributed by atoms with Crippen molar-refractivity contribution in [2.24, 2.45) is 0 Å². The van der Waals surface area contributed by atoms with Crippen LogP contribution in [0.2, 0.25) is 5.02 Å². The molecule has 1 N–H and O–H groups in total. The van der Waals surface area contributed by atoms with Gasteiger partial charge in [0.15, 0.2) is 6.10 Å². The van der Waals surface area contributed by atoms with E-state index in [-0.39, 0.29) is 12.1 Å². The summed E-state index contributed by atoms with van der Waals surface area (Å²) in [5.74, 6) is 1.51. The number of halogens is 1. The maximum absolute atomic E-state index is 6.58. The average Bonchev–Trinajstić information content (AvgIpc) is 3.49. The molecular weight excluding hydrogens is 448 g/mol. The van der Waals surface area contributed by atoms with Crippen LogP contribution in [0.1, 0.15) is 28.1 Å². The van der Waals surface area contributed by atoms with E-state index in [1.54, 1.807) is 29.4 Å². The van der Waals surface area contributed by atoms with Crippen LogP contribution in [-0.2, 0) is 0 Å². The van der Waals surface area contributed by atoms with E-state index in [0.29, 0.717) is 11.0 Å². The first-order chi connectivity index (χ1) is 15.2. The zero-order valence-corrected chi connectivity index (χ0v) is 18.8. The molecule has 4 heterocycles. The van der Waals surface area contributed by atoms with Gasteiger partial charge < -0.3 is 10.1 Å². The highest BCUT2D eigenvalue weighted by Crippen LogP contribution is 2.51. The summed E-state index contributed by atoms with van der Waals surface area (Å²) in [5.41, 5.74) is 4.16. The number of hydrogen-bond donors (Lipinski definition) is 1. The van der Waals surface area contributed by atoms with E-state index in [0.717, 1.165) is 33.0 Å². The van der Waals surface area contributed by atoms with Gasteiger partial charge in [-0.05, 0) is 53.6 Å². The third-order valence-corrected chi connectivity index (χ3v) is 7.50. The van der Waals surface area contributed by atoms with Gasteiger partial charge in [0.25, 0.3) is 0 Å². The van der Waals surface area contributed by atoms with Gasteiger partial charge in [-0.15, -0.1) is 23.1 Å². The molecular formula is C23H17ClN4OS2. The second-order valence-electron chi connectivity index (χ2n) is 7.31. The summed E-state index contributed by atoms with van der Waals surface area (Å²) in [6.07, 6.45) is 3.43. The number of thioether (sulfide) groups is 1. The molecule has 2 aromatic heterocycles. The van der Waals surface area contributed by atoms with Crippen LogP contribution in [0.5, 0.6) is 5.75 Å². The zero-order valence-electron chi connectivity index (χ0n) is 16.4. The second kappa shape index (κ2) is 7.44. The highest BCUT2D eigenvalue weighted by atomic mass is 35.5. The molecule has 0 saturated heterocycles. The number of ether oxygens (including phenoxy) is 1. The first-order valence-corrected chi connectivity index (χ1v) is 12.3. The number of benzene rings is 2. The van der Waals surface area contributed by atoms with E-state index in [4.69, 9.17) is 16.3 Å². The minimum absolute atomic E-state index is 0.149. The lowest BCUT2D eigenvalue weighted by molar-refractivity contribution is 0.226. The second-order valence-corrected chi connectivity index (χ2v) is 9.61. The predicted molar refractivity (Wildman–Crippen MR) is 126 cm³/mol. The lowest BCUT2D eigenvalue weighted by atomic mass is 9.86. The first kappa shape index (κ1) is 19.0. The van der Waals surface area contributed by atoms with Gasteiger partial charge in [0, 0.05) is 25.9 Å². The van der Waals surface area contributed by atoms with Crippen molar-refractivity contribution in [1.82, 2.24) is 14.8 Å². The van der Waals surface area contributed by atoms with E-state index in [9.17, 15) is 0 Å². The van der Waals surface area contributed by atoms with Gasteiger partial charge in [0.1, 0.15) is 18.1 Å². The number of thiophene rings is 1. The SMILES string of the molecule is CSc1ccc([C@H]2C3=C(Nc4ncnn42)c2cc(Cl)ccc2O[C@@H]3c2cccs2)cc1. The van der Waals surface area contributed by atoms with Gasteiger partial charge in [0.05, 0.1) is 5.70 Å². The molecule has 31 heavy (non-hydrogen) atoms. The Kier molecular flexibility index (Phi) is 4.56. The Labute approximate surface area is 192 Å². The molecule has 0 saturated carbocycles. The Morgan fingerprint density at radius 2 is 2.03 bits per heavy atom. The van der Waals surface area contributed by atoms with E-state index in [1.807, 2.05) is 22.9 Å². The normalized spacial score (nSPS) is 19.2. The highest BCUT2D eigenvalue weighted by Gasteiger charge is 2.41. The number of hydrogen-bond acceptors (Lipinski definition) is 6. The monoisotopic (exact) mass is 464 g/mol. The molecule has 0 aliphatic carbocycles. The molecule has 8 heteroatoms. The topological polar surface area (TPSA) is 52.0 Å². The van der Waals surface area contributed by atoms with Gasteiger partial charge in [-0.25, -0.2) is 4.68 Å². The third kappa shape index (κ3) is 3.07. The van der Waals surface area contributed by atoms with Crippen LogP contribution in [0.25, 0.3) is 5.70 Å². The molecule has 2 aliphatic heterocycles. The standard InChI is InChI=1S/C23H17ClN4OS2/c1-30-15-7-4-13(5-8-15)21-19-20(27-23-25-12-26-28(21)23)16-11-14(24)6-9-17(16)29-22(19)18-3-2-10-31-18/h2-12,21-22H,1H3,(H,25,26,27)/t21-,22+/m0/s1. The fourth-order valence-electron chi connectivity index (χ4n) is 4.23. The van der Waals surface area contributed by atoms with Crippen LogP contribution in [-0.4, -0.2) is 21.0 Å². The van der Waals surface area contributed by atoms with Crippen molar-refractivity contribution in [2.75, 3.05) is 11.6 Å². The average molecular weight is 465 g/mol. The van der Waals surface area contributed by atoms with Crippen molar-refractivity contribution >= 4 is 46.3 Å². The molecule has 0 fully saturated rings. The fraction of sp³-hybridized carbons (Fsp3) is 0.130. The number of nitrogens with one attached hydrogen (secondary N) is 1. The maximum atomic E-state index is 6.58. The third-order valence-electron chi connectivity index (χ3n) is 5.61. The Morgan fingerprint density at radius 3 is 2.81 bits per heavy atom. The number of rotatable bonds is 3. The summed E-state index contributed by atoms with van der Waals surface area (Å²) in [5, 5.41) is 10.8. The Morgan fingerprint density at radius 1 is 1.16 bits per heavy atom. The molecule has 0 spiro atoms. The van der Waals surface area contributed by atoms with Crippen molar-refractivity contribution in [2.45, 2.75) is 17.0 Å². The van der Waals surface area contributed by atoms with Crippen LogP contribution < -0.4 is 10.1 Å². The predicted octanol–water partition coefficient (Wildman–Crippen LogP) is 6.27. The molecule has 0 bridgehead atoms. The van der Waals surface area contributed by atoms with Crippen molar-refractivity contribution in [3.63, 3.8) is 0 Å². The molecule has 154 valence electrons. The van der Waals surface area contributed by atoms with Crippen molar-refractivity contribution in [3.05, 3.63) is 92.9 Å². The smallest absolute Gasteiger partial charge is 0.226 e. The molecule has 2 aromatic carbocycles. The largest absolute Gasteiger partial charge is 0.480 e. The van der Waals surface area contributed by atoms with Gasteiger partial charge >= 0.3 is 0 Å². The van der Waals surface area contributed by atoms with Gasteiger partial charge in [0.2, 0.25) is 5.95 Å². The minimum atomic E-state index is -0.237. The van der Waals surface area contributed by atoms with Crippen LogP contribution in [0, 0.1) is 0 Å². The first-order valence-electron chi connectivity index (χ1n) is 9.77. The number of anilines is 1. The van der Waals surface area contributed by atoms with Crippen LogP contribution in [0.4, 0.5) is 5.95 Å². The number of fused-ring (bicyclic) bond motifs is 3. The zero-order chi connectivity index (χ0) is 20.9. The molecule has 5 nitrogen and oxygen atoms in total. The van der Waals surface area contributed by atoms with Crippen LogP contribution in [0.15, 0.2) is 76.8 Å². The lowest BCUT2D eigenvalue weighted by Gasteiger charge is -2.38. The van der Waals surface area contributed by atoms with Crippen molar-refractivity contribution in [1.29, 1.82) is 0 Å². The van der Waals surface area contributed by atoms with Crippen LogP contribution in [0.3, 0.4) is 0 Å². The van der Waals surface area contributed by atoms with E-state index >= 15 is 0 Å². The van der Waals surface area contributed by atoms with Gasteiger partial charge in [-0.3, -0.25) is 0 Å². The molecule has 4 aromatic rings. The molecule has 2 aliphatic rings. The summed E-state index contributed by atoms with van der Waals surface area (Å²) in [7, 11) is 0.